The summed E-state index contributed by atoms with van der Waals surface area (Å²) in [7, 11) is 4.20. The number of unbranched alkanes of at least 4 members (excludes halogenated alkanes) is 2. The SMILES string of the molecule is Cc1c(-c2ccc(NCCCCCn3cc(COCCOCCOCCNc4cccc5c4C(=O)NC5=O)nn3)cc2C(=O)O)cnn1CC12CC3(OCCN(C)C)C[C@](C)(C1)C[C@](C)(C2)C3. The van der Waals surface area contributed by atoms with Crippen LogP contribution in [0.1, 0.15) is 114 Å². The zero-order valence-corrected chi connectivity index (χ0v) is 40.0. The molecule has 3 heterocycles. The van der Waals surface area contributed by atoms with Crippen LogP contribution in [0.2, 0.25) is 0 Å². The maximum Gasteiger partial charge on any atom is 0.336 e. The Labute approximate surface area is 393 Å². The third-order valence-electron chi connectivity index (χ3n) is 14.0. The van der Waals surface area contributed by atoms with E-state index in [0.717, 1.165) is 93.9 Å². The molecule has 67 heavy (non-hydrogen) atoms. The molecule has 2 aromatic heterocycles. The Kier molecular flexibility index (Phi) is 14.8. The molecule has 2 unspecified atom stereocenters. The summed E-state index contributed by atoms with van der Waals surface area (Å²) in [5.74, 6) is -1.72. The van der Waals surface area contributed by atoms with Gasteiger partial charge in [0.15, 0.2) is 0 Å². The second-order valence-electron chi connectivity index (χ2n) is 20.6. The van der Waals surface area contributed by atoms with Crippen molar-refractivity contribution in [2.45, 2.75) is 104 Å². The average molecular weight is 924 g/mol. The molecule has 2 amide bonds. The van der Waals surface area contributed by atoms with Crippen LogP contribution in [0.15, 0.2) is 48.8 Å². The van der Waals surface area contributed by atoms with Gasteiger partial charge in [-0.2, -0.15) is 5.10 Å². The molecule has 4 bridgehead atoms. The van der Waals surface area contributed by atoms with Gasteiger partial charge in [0.25, 0.3) is 11.8 Å². The molecule has 0 radical (unpaired) electrons. The van der Waals surface area contributed by atoms with E-state index in [1.165, 1.54) is 19.3 Å². The van der Waals surface area contributed by atoms with Crippen LogP contribution in [0.5, 0.6) is 0 Å². The van der Waals surface area contributed by atoms with E-state index in [0.29, 0.717) is 68.6 Å². The minimum Gasteiger partial charge on any atom is -0.478 e. The maximum absolute atomic E-state index is 12.6. The number of likely N-dealkylation sites (N-methyl/N-ethyl adjacent to an activating group) is 1. The molecule has 0 saturated heterocycles. The molecule has 2 aromatic carbocycles. The van der Waals surface area contributed by atoms with Crippen molar-refractivity contribution in [3.8, 4) is 11.1 Å². The number of carbonyl (C=O) groups excluding carboxylic acids is 2. The summed E-state index contributed by atoms with van der Waals surface area (Å²) in [5.41, 5.74) is 6.24. The van der Waals surface area contributed by atoms with Gasteiger partial charge < -0.3 is 39.6 Å². The van der Waals surface area contributed by atoms with Crippen molar-refractivity contribution in [3.63, 3.8) is 0 Å². The number of aromatic carboxylic acids is 1. The van der Waals surface area contributed by atoms with E-state index < -0.39 is 11.9 Å². The number of fused-ring (bicyclic) bond motifs is 1. The lowest BCUT2D eigenvalue weighted by molar-refractivity contribution is -0.248. The van der Waals surface area contributed by atoms with Crippen molar-refractivity contribution >= 4 is 29.2 Å². The van der Waals surface area contributed by atoms with Crippen LogP contribution in [0.3, 0.4) is 0 Å². The van der Waals surface area contributed by atoms with Crippen LogP contribution >= 0.6 is 0 Å². The zero-order chi connectivity index (χ0) is 47.2. The van der Waals surface area contributed by atoms with Crippen LogP contribution in [0.4, 0.5) is 11.4 Å². The van der Waals surface area contributed by atoms with E-state index in [-0.39, 0.29) is 33.3 Å². The summed E-state index contributed by atoms with van der Waals surface area (Å²) < 4.78 is 27.7. The lowest BCUT2D eigenvalue weighted by atomic mass is 9.39. The number of carbonyl (C=O) groups is 3. The Balaban J connectivity index is 0.712. The molecule has 362 valence electrons. The highest BCUT2D eigenvalue weighted by atomic mass is 16.5. The predicted octanol–water partition coefficient (Wildman–Crippen LogP) is 6.67. The van der Waals surface area contributed by atoms with Crippen molar-refractivity contribution in [1.29, 1.82) is 0 Å². The Morgan fingerprint density at radius 2 is 1.60 bits per heavy atom. The van der Waals surface area contributed by atoms with Gasteiger partial charge in [0.1, 0.15) is 5.69 Å². The summed E-state index contributed by atoms with van der Waals surface area (Å²) >= 11 is 0. The number of carboxylic acid groups (broad SMARTS) is 1. The number of carboxylic acids is 1. The molecular weight excluding hydrogens is 855 g/mol. The van der Waals surface area contributed by atoms with Crippen molar-refractivity contribution in [2.24, 2.45) is 16.2 Å². The number of amides is 2. The molecule has 1 aliphatic heterocycles. The first-order chi connectivity index (χ1) is 32.2. The summed E-state index contributed by atoms with van der Waals surface area (Å²) in [5, 5.41) is 32.6. The molecule has 4 aliphatic carbocycles. The van der Waals surface area contributed by atoms with E-state index in [1.54, 1.807) is 24.3 Å². The number of anilines is 2. The van der Waals surface area contributed by atoms with E-state index in [1.807, 2.05) is 29.2 Å². The number of nitrogens with one attached hydrogen (secondary N) is 3. The largest absolute Gasteiger partial charge is 0.478 e. The fourth-order valence-electron chi connectivity index (χ4n) is 12.4. The highest BCUT2D eigenvalue weighted by molar-refractivity contribution is 6.23. The molecular formula is C50H69N9O8. The van der Waals surface area contributed by atoms with Gasteiger partial charge in [0.05, 0.1) is 80.9 Å². The molecule has 4 fully saturated rings. The molecule has 4 N–H and O–H groups in total. The first kappa shape index (κ1) is 48.3. The van der Waals surface area contributed by atoms with Gasteiger partial charge >= 0.3 is 5.97 Å². The maximum atomic E-state index is 12.6. The second kappa shape index (κ2) is 20.6. The standard InChI is InChI=1S/C50H69N9O8/c1-35-41(25-53-59(35)34-49-29-47(2)28-48(3,30-49)32-50(31-47,33-49)67-19-17-57(4)5)38-13-12-36(24-40(38)46(62)63)51-14-7-6-8-16-58-26-37(55-56-58)27-66-23-22-65-21-20-64-18-15-52-42-11-9-10-39-43(42)45(61)54-44(39)60/h9-13,24-26,51-52H,6-8,14-23,27-34H2,1-5H3,(H,62,63)(H,54,60,61)/t47-,48+,49?,50?. The lowest BCUT2D eigenvalue weighted by Gasteiger charge is -2.69. The topological polar surface area (TPSA) is 196 Å². The minimum absolute atomic E-state index is 0.0891. The van der Waals surface area contributed by atoms with Crippen LogP contribution in [-0.2, 0) is 38.6 Å². The van der Waals surface area contributed by atoms with E-state index in [2.05, 4.69) is 70.7 Å². The number of hydrogen-bond acceptors (Lipinski definition) is 13. The first-order valence-corrected chi connectivity index (χ1v) is 23.9. The van der Waals surface area contributed by atoms with Crippen LogP contribution < -0.4 is 16.0 Å². The fraction of sp³-hybridized carbons (Fsp3) is 0.600. The summed E-state index contributed by atoms with van der Waals surface area (Å²) in [6.45, 7) is 13.9. The molecule has 5 aliphatic rings. The fourth-order valence-corrected chi connectivity index (χ4v) is 12.4. The highest BCUT2D eigenvalue weighted by Crippen LogP contribution is 2.72. The molecule has 4 aromatic rings. The Morgan fingerprint density at radius 1 is 0.836 bits per heavy atom. The van der Waals surface area contributed by atoms with Crippen LogP contribution in [0, 0.1) is 23.2 Å². The number of imide groups is 1. The molecule has 0 spiro atoms. The number of ether oxygens (including phenoxy) is 4. The molecule has 4 atom stereocenters. The van der Waals surface area contributed by atoms with Crippen LogP contribution in [-0.4, -0.2) is 132 Å². The van der Waals surface area contributed by atoms with Crippen molar-refractivity contribution < 1.29 is 38.4 Å². The quantitative estimate of drug-likeness (QED) is 0.0366. The monoisotopic (exact) mass is 924 g/mol. The van der Waals surface area contributed by atoms with Gasteiger partial charge in [0.2, 0.25) is 0 Å². The molecule has 17 nitrogen and oxygen atoms in total. The predicted molar refractivity (Wildman–Crippen MR) is 253 cm³/mol. The smallest absolute Gasteiger partial charge is 0.336 e. The number of aromatic nitrogens is 5. The van der Waals surface area contributed by atoms with E-state index in [4.69, 9.17) is 24.0 Å². The van der Waals surface area contributed by atoms with Crippen molar-refractivity contribution in [3.05, 3.63) is 76.9 Å². The van der Waals surface area contributed by atoms with Gasteiger partial charge in [-0.15, -0.1) is 5.10 Å². The summed E-state index contributed by atoms with van der Waals surface area (Å²) in [6.07, 6.45) is 13.5. The average Bonchev–Trinajstić information content (AvgIpc) is 3.95. The van der Waals surface area contributed by atoms with E-state index in [9.17, 15) is 19.5 Å². The number of rotatable bonds is 27. The molecule has 4 saturated carbocycles. The third kappa shape index (κ3) is 11.6. The van der Waals surface area contributed by atoms with Gasteiger partial charge in [-0.1, -0.05) is 31.2 Å². The highest BCUT2D eigenvalue weighted by Gasteiger charge is 2.66. The second-order valence-corrected chi connectivity index (χ2v) is 20.6. The van der Waals surface area contributed by atoms with Crippen molar-refractivity contribution in [2.75, 3.05) is 84.0 Å². The van der Waals surface area contributed by atoms with Crippen molar-refractivity contribution in [1.82, 2.24) is 35.0 Å². The number of aryl methyl sites for hydroxylation is 1. The number of benzene rings is 2. The van der Waals surface area contributed by atoms with E-state index >= 15 is 0 Å². The normalized spacial score (nSPS) is 23.9. The van der Waals surface area contributed by atoms with Gasteiger partial charge in [0, 0.05) is 55.4 Å². The van der Waals surface area contributed by atoms with Gasteiger partial charge in [-0.3, -0.25) is 24.3 Å². The molecule has 9 rings (SSSR count). The lowest BCUT2D eigenvalue weighted by Crippen LogP contribution is -2.64. The minimum atomic E-state index is -0.953. The van der Waals surface area contributed by atoms with Crippen LogP contribution in [0.25, 0.3) is 11.1 Å². The Bertz CT molecular complexity index is 2380. The summed E-state index contributed by atoms with van der Waals surface area (Å²) in [6, 6.07) is 10.8. The Morgan fingerprint density at radius 3 is 2.36 bits per heavy atom. The zero-order valence-electron chi connectivity index (χ0n) is 40.0. The number of hydrogen-bond donors (Lipinski definition) is 4. The number of nitrogens with zero attached hydrogens (tertiary/aromatic N) is 6. The first-order valence-electron chi connectivity index (χ1n) is 23.9. The van der Waals surface area contributed by atoms with Gasteiger partial charge in [-0.25, -0.2) is 4.79 Å². The Hall–Kier alpha value is -5.20. The van der Waals surface area contributed by atoms with Gasteiger partial charge in [-0.05, 0) is 125 Å². The summed E-state index contributed by atoms with van der Waals surface area (Å²) in [4.78, 5) is 38.7. The molecule has 17 heteroatoms. The third-order valence-corrected chi connectivity index (χ3v) is 14.0.